The molecule has 0 amide bonds. The summed E-state index contributed by atoms with van der Waals surface area (Å²) in [5.74, 6) is 1.12. The van der Waals surface area contributed by atoms with E-state index in [9.17, 15) is 0 Å². The molecule has 2 aromatic rings. The van der Waals surface area contributed by atoms with Crippen molar-refractivity contribution in [1.82, 2.24) is 4.98 Å². The SMILES string of the molecule is Nc1ncccc1OCCCc1ccccc1. The van der Waals surface area contributed by atoms with Crippen LogP contribution in [-0.2, 0) is 6.42 Å². The highest BCUT2D eigenvalue weighted by molar-refractivity contribution is 5.44. The lowest BCUT2D eigenvalue weighted by Crippen LogP contribution is -2.02. The van der Waals surface area contributed by atoms with Gasteiger partial charge in [-0.2, -0.15) is 0 Å². The number of rotatable bonds is 5. The van der Waals surface area contributed by atoms with E-state index in [0.29, 0.717) is 18.2 Å². The molecule has 1 aromatic carbocycles. The van der Waals surface area contributed by atoms with Gasteiger partial charge in [0.15, 0.2) is 11.6 Å². The number of nitrogen functional groups attached to an aromatic ring is 1. The summed E-state index contributed by atoms with van der Waals surface area (Å²) in [6, 6.07) is 14.0. The van der Waals surface area contributed by atoms with Crippen LogP contribution in [0, 0.1) is 0 Å². The Morgan fingerprint density at radius 1 is 1.06 bits per heavy atom. The molecule has 2 N–H and O–H groups in total. The van der Waals surface area contributed by atoms with Gasteiger partial charge in [-0.25, -0.2) is 4.98 Å². The highest BCUT2D eigenvalue weighted by atomic mass is 16.5. The molecule has 3 nitrogen and oxygen atoms in total. The van der Waals surface area contributed by atoms with Crippen LogP contribution in [0.15, 0.2) is 48.7 Å². The first-order valence-electron chi connectivity index (χ1n) is 5.73. The Kier molecular flexibility index (Phi) is 3.97. The summed E-state index contributed by atoms with van der Waals surface area (Å²) in [6.07, 6.45) is 3.64. The molecule has 0 bridgehead atoms. The van der Waals surface area contributed by atoms with Crippen molar-refractivity contribution in [2.75, 3.05) is 12.3 Å². The van der Waals surface area contributed by atoms with E-state index >= 15 is 0 Å². The monoisotopic (exact) mass is 228 g/mol. The summed E-state index contributed by atoms with van der Waals surface area (Å²) in [5.41, 5.74) is 7.01. The van der Waals surface area contributed by atoms with Gasteiger partial charge >= 0.3 is 0 Å². The van der Waals surface area contributed by atoms with E-state index in [1.54, 1.807) is 6.20 Å². The van der Waals surface area contributed by atoms with E-state index in [4.69, 9.17) is 10.5 Å². The minimum atomic E-state index is 0.451. The predicted molar refractivity (Wildman–Crippen MR) is 68.9 cm³/mol. The number of anilines is 1. The van der Waals surface area contributed by atoms with Gasteiger partial charge in [0.25, 0.3) is 0 Å². The van der Waals surface area contributed by atoms with Gasteiger partial charge < -0.3 is 10.5 Å². The fourth-order valence-corrected chi connectivity index (χ4v) is 1.63. The predicted octanol–water partition coefficient (Wildman–Crippen LogP) is 2.68. The summed E-state index contributed by atoms with van der Waals surface area (Å²) in [7, 11) is 0. The van der Waals surface area contributed by atoms with Gasteiger partial charge in [0.1, 0.15) is 0 Å². The average molecular weight is 228 g/mol. The minimum absolute atomic E-state index is 0.451. The molecule has 0 saturated carbocycles. The molecule has 0 saturated heterocycles. The van der Waals surface area contributed by atoms with Crippen molar-refractivity contribution in [3.63, 3.8) is 0 Å². The molecular formula is C14H16N2O. The molecule has 0 atom stereocenters. The molecule has 0 spiro atoms. The van der Waals surface area contributed by atoms with Crippen LogP contribution >= 0.6 is 0 Å². The quantitative estimate of drug-likeness (QED) is 0.800. The average Bonchev–Trinajstić information content (AvgIpc) is 2.38. The molecule has 1 aromatic heterocycles. The molecule has 0 fully saturated rings. The maximum absolute atomic E-state index is 5.68. The minimum Gasteiger partial charge on any atom is -0.490 e. The summed E-state index contributed by atoms with van der Waals surface area (Å²) < 4.78 is 5.57. The first-order valence-corrected chi connectivity index (χ1v) is 5.73. The number of benzene rings is 1. The van der Waals surface area contributed by atoms with E-state index in [0.717, 1.165) is 12.8 Å². The number of nitrogens with two attached hydrogens (primary N) is 1. The van der Waals surface area contributed by atoms with Gasteiger partial charge in [-0.1, -0.05) is 30.3 Å². The standard InChI is InChI=1S/C14H16N2O/c15-14-13(9-4-10-16-14)17-11-5-8-12-6-2-1-3-7-12/h1-4,6-7,9-10H,5,8,11H2,(H2,15,16). The Hall–Kier alpha value is -2.03. The summed E-state index contributed by atoms with van der Waals surface area (Å²) in [4.78, 5) is 3.97. The second-order valence-corrected chi connectivity index (χ2v) is 3.82. The van der Waals surface area contributed by atoms with Crippen LogP contribution in [0.3, 0.4) is 0 Å². The number of nitrogens with zero attached hydrogens (tertiary/aromatic N) is 1. The molecular weight excluding hydrogens is 212 g/mol. The summed E-state index contributed by atoms with van der Waals surface area (Å²) in [6.45, 7) is 0.658. The van der Waals surface area contributed by atoms with Crippen molar-refractivity contribution < 1.29 is 4.74 Å². The smallest absolute Gasteiger partial charge is 0.166 e. The molecule has 0 aliphatic heterocycles. The second kappa shape index (κ2) is 5.89. The van der Waals surface area contributed by atoms with Crippen LogP contribution in [-0.4, -0.2) is 11.6 Å². The third-order valence-electron chi connectivity index (χ3n) is 2.51. The van der Waals surface area contributed by atoms with Crippen LogP contribution in [0.25, 0.3) is 0 Å². The largest absolute Gasteiger partial charge is 0.490 e. The molecule has 0 aliphatic carbocycles. The van der Waals surface area contributed by atoms with Gasteiger partial charge in [-0.15, -0.1) is 0 Å². The van der Waals surface area contributed by atoms with Crippen molar-refractivity contribution in [1.29, 1.82) is 0 Å². The van der Waals surface area contributed by atoms with Crippen LogP contribution < -0.4 is 10.5 Å². The van der Waals surface area contributed by atoms with Crippen LogP contribution in [0.1, 0.15) is 12.0 Å². The second-order valence-electron chi connectivity index (χ2n) is 3.82. The van der Waals surface area contributed by atoms with Crippen molar-refractivity contribution in [3.05, 3.63) is 54.2 Å². The zero-order chi connectivity index (χ0) is 11.9. The number of aryl methyl sites for hydroxylation is 1. The molecule has 2 rings (SSSR count). The molecule has 0 aliphatic rings. The fourth-order valence-electron chi connectivity index (χ4n) is 1.63. The van der Waals surface area contributed by atoms with Gasteiger partial charge in [0.2, 0.25) is 0 Å². The zero-order valence-electron chi connectivity index (χ0n) is 9.67. The van der Waals surface area contributed by atoms with Gasteiger partial charge in [0, 0.05) is 6.20 Å². The molecule has 0 unspecified atom stereocenters. The molecule has 3 heteroatoms. The lowest BCUT2D eigenvalue weighted by atomic mass is 10.1. The maximum atomic E-state index is 5.68. The van der Waals surface area contributed by atoms with Crippen molar-refractivity contribution in [2.45, 2.75) is 12.8 Å². The highest BCUT2D eigenvalue weighted by Gasteiger charge is 1.99. The van der Waals surface area contributed by atoms with E-state index in [1.807, 2.05) is 18.2 Å². The molecule has 88 valence electrons. The van der Waals surface area contributed by atoms with Crippen LogP contribution in [0.5, 0.6) is 5.75 Å². The summed E-state index contributed by atoms with van der Waals surface area (Å²) in [5, 5.41) is 0. The number of ether oxygens (including phenoxy) is 1. The molecule has 17 heavy (non-hydrogen) atoms. The Morgan fingerprint density at radius 3 is 2.65 bits per heavy atom. The highest BCUT2D eigenvalue weighted by Crippen LogP contribution is 2.17. The Balaban J connectivity index is 1.76. The lowest BCUT2D eigenvalue weighted by molar-refractivity contribution is 0.311. The van der Waals surface area contributed by atoms with Crippen LogP contribution in [0.2, 0.25) is 0 Å². The first-order chi connectivity index (χ1) is 8.36. The van der Waals surface area contributed by atoms with E-state index in [1.165, 1.54) is 5.56 Å². The van der Waals surface area contributed by atoms with Crippen LogP contribution in [0.4, 0.5) is 5.82 Å². The summed E-state index contributed by atoms with van der Waals surface area (Å²) >= 11 is 0. The van der Waals surface area contributed by atoms with E-state index < -0.39 is 0 Å². The first kappa shape index (κ1) is 11.5. The van der Waals surface area contributed by atoms with E-state index in [2.05, 4.69) is 29.2 Å². The zero-order valence-corrected chi connectivity index (χ0v) is 9.67. The third-order valence-corrected chi connectivity index (χ3v) is 2.51. The van der Waals surface area contributed by atoms with E-state index in [-0.39, 0.29) is 0 Å². The Bertz CT molecular complexity index is 457. The lowest BCUT2D eigenvalue weighted by Gasteiger charge is -2.07. The maximum Gasteiger partial charge on any atom is 0.166 e. The Labute approximate surface area is 101 Å². The van der Waals surface area contributed by atoms with Crippen molar-refractivity contribution >= 4 is 5.82 Å². The van der Waals surface area contributed by atoms with Gasteiger partial charge in [-0.05, 0) is 30.5 Å². The topological polar surface area (TPSA) is 48.1 Å². The van der Waals surface area contributed by atoms with Gasteiger partial charge in [-0.3, -0.25) is 0 Å². The number of aromatic nitrogens is 1. The molecule has 0 radical (unpaired) electrons. The number of pyridine rings is 1. The fraction of sp³-hybridized carbons (Fsp3) is 0.214. The normalized spacial score (nSPS) is 10.1. The third kappa shape index (κ3) is 3.48. The molecule has 1 heterocycles. The van der Waals surface area contributed by atoms with Crippen molar-refractivity contribution in [2.24, 2.45) is 0 Å². The number of hydrogen-bond acceptors (Lipinski definition) is 3. The Morgan fingerprint density at radius 2 is 1.88 bits per heavy atom. The van der Waals surface area contributed by atoms with Gasteiger partial charge in [0.05, 0.1) is 6.61 Å². The van der Waals surface area contributed by atoms with Crippen molar-refractivity contribution in [3.8, 4) is 5.75 Å². The number of hydrogen-bond donors (Lipinski definition) is 1.